The van der Waals surface area contributed by atoms with Gasteiger partial charge < -0.3 is 19.3 Å². The maximum absolute atomic E-state index is 10.4. The topological polar surface area (TPSA) is 47.9 Å². The van der Waals surface area contributed by atoms with Crippen molar-refractivity contribution in [2.45, 2.75) is 32.8 Å². The molecule has 0 spiro atoms. The van der Waals surface area contributed by atoms with Crippen molar-refractivity contribution in [2.75, 3.05) is 21.3 Å². The van der Waals surface area contributed by atoms with Crippen LogP contribution in [0.15, 0.2) is 12.1 Å². The van der Waals surface area contributed by atoms with Gasteiger partial charge in [0.1, 0.15) is 0 Å². The molecule has 0 aliphatic rings. The summed E-state index contributed by atoms with van der Waals surface area (Å²) in [5.41, 5.74) is 0.795. The fourth-order valence-corrected chi connectivity index (χ4v) is 2.28. The van der Waals surface area contributed by atoms with Gasteiger partial charge in [-0.15, -0.1) is 0 Å². The van der Waals surface area contributed by atoms with E-state index in [1.807, 2.05) is 12.1 Å². The fourth-order valence-electron chi connectivity index (χ4n) is 2.28. The second kappa shape index (κ2) is 7.24. The summed E-state index contributed by atoms with van der Waals surface area (Å²) >= 11 is 0. The number of methoxy groups -OCH3 is 3. The summed E-state index contributed by atoms with van der Waals surface area (Å²) in [6.07, 6.45) is 1.33. The summed E-state index contributed by atoms with van der Waals surface area (Å²) in [6, 6.07) is 3.62. The van der Waals surface area contributed by atoms with Gasteiger partial charge in [0, 0.05) is 0 Å². The lowest BCUT2D eigenvalue weighted by Crippen LogP contribution is -2.11. The third-order valence-electron chi connectivity index (χ3n) is 3.52. The van der Waals surface area contributed by atoms with Crippen molar-refractivity contribution in [3.8, 4) is 17.2 Å². The van der Waals surface area contributed by atoms with Crippen molar-refractivity contribution in [1.82, 2.24) is 0 Å². The van der Waals surface area contributed by atoms with E-state index in [4.69, 9.17) is 14.2 Å². The SMILES string of the molecule is CCC(CC)C(O)c1cc(OC)c(OC)c(OC)c1. The van der Waals surface area contributed by atoms with Gasteiger partial charge in [0.05, 0.1) is 27.4 Å². The van der Waals surface area contributed by atoms with E-state index in [9.17, 15) is 5.11 Å². The van der Waals surface area contributed by atoms with E-state index >= 15 is 0 Å². The molecule has 0 aromatic heterocycles. The number of ether oxygens (including phenoxy) is 3. The number of aliphatic hydroxyl groups is 1. The number of benzene rings is 1. The Morgan fingerprint density at radius 2 is 1.42 bits per heavy atom. The molecule has 0 fully saturated rings. The number of hydrogen-bond acceptors (Lipinski definition) is 4. The smallest absolute Gasteiger partial charge is 0.203 e. The Morgan fingerprint density at radius 1 is 0.947 bits per heavy atom. The second-order valence-electron chi connectivity index (χ2n) is 4.48. The molecule has 0 radical (unpaired) electrons. The first-order valence-electron chi connectivity index (χ1n) is 6.60. The van der Waals surface area contributed by atoms with E-state index in [1.165, 1.54) is 0 Å². The lowest BCUT2D eigenvalue weighted by atomic mass is 9.91. The first-order valence-corrected chi connectivity index (χ1v) is 6.60. The standard InChI is InChI=1S/C15H24O4/c1-6-10(7-2)14(16)11-8-12(17-3)15(19-5)13(9-11)18-4/h8-10,14,16H,6-7H2,1-5H3. The molecule has 0 aliphatic carbocycles. The molecule has 0 aliphatic heterocycles. The molecule has 0 saturated heterocycles. The van der Waals surface area contributed by atoms with Crippen LogP contribution in [0.1, 0.15) is 38.4 Å². The molecule has 0 heterocycles. The van der Waals surface area contributed by atoms with Gasteiger partial charge in [-0.05, 0) is 23.6 Å². The number of aliphatic hydroxyl groups excluding tert-OH is 1. The third kappa shape index (κ3) is 3.32. The fraction of sp³-hybridized carbons (Fsp3) is 0.600. The average molecular weight is 268 g/mol. The summed E-state index contributed by atoms with van der Waals surface area (Å²) in [4.78, 5) is 0. The van der Waals surface area contributed by atoms with Crippen molar-refractivity contribution in [3.63, 3.8) is 0 Å². The Labute approximate surface area is 115 Å². The van der Waals surface area contributed by atoms with Crippen LogP contribution in [0, 0.1) is 5.92 Å². The van der Waals surface area contributed by atoms with Crippen molar-refractivity contribution in [2.24, 2.45) is 5.92 Å². The van der Waals surface area contributed by atoms with Crippen LogP contribution in [-0.4, -0.2) is 26.4 Å². The molecule has 1 unspecified atom stereocenters. The third-order valence-corrected chi connectivity index (χ3v) is 3.52. The van der Waals surface area contributed by atoms with E-state index in [0.29, 0.717) is 17.2 Å². The predicted molar refractivity (Wildman–Crippen MR) is 75.1 cm³/mol. The molecule has 4 nitrogen and oxygen atoms in total. The van der Waals surface area contributed by atoms with Gasteiger partial charge in [0.25, 0.3) is 0 Å². The number of hydrogen-bond donors (Lipinski definition) is 1. The van der Waals surface area contributed by atoms with Crippen LogP contribution in [0.4, 0.5) is 0 Å². The van der Waals surface area contributed by atoms with Gasteiger partial charge in [-0.2, -0.15) is 0 Å². The van der Waals surface area contributed by atoms with Gasteiger partial charge in [-0.25, -0.2) is 0 Å². The Bertz CT molecular complexity index is 374. The van der Waals surface area contributed by atoms with Gasteiger partial charge in [-0.1, -0.05) is 26.7 Å². The van der Waals surface area contributed by atoms with E-state index in [-0.39, 0.29) is 5.92 Å². The van der Waals surface area contributed by atoms with Crippen LogP contribution in [0.3, 0.4) is 0 Å². The van der Waals surface area contributed by atoms with Crippen LogP contribution in [-0.2, 0) is 0 Å². The quantitative estimate of drug-likeness (QED) is 0.825. The molecule has 4 heteroatoms. The van der Waals surface area contributed by atoms with Crippen molar-refractivity contribution >= 4 is 0 Å². The highest BCUT2D eigenvalue weighted by atomic mass is 16.5. The van der Waals surface area contributed by atoms with Crippen LogP contribution in [0.25, 0.3) is 0 Å². The summed E-state index contributed by atoms with van der Waals surface area (Å²) in [5, 5.41) is 10.4. The Kier molecular flexibility index (Phi) is 5.96. The van der Waals surface area contributed by atoms with Gasteiger partial charge in [0.15, 0.2) is 11.5 Å². The molecular formula is C15H24O4. The molecule has 1 N–H and O–H groups in total. The molecule has 1 rings (SSSR count). The zero-order chi connectivity index (χ0) is 14.4. The summed E-state index contributed by atoms with van der Waals surface area (Å²) < 4.78 is 15.9. The molecule has 0 bridgehead atoms. The minimum absolute atomic E-state index is 0.225. The van der Waals surface area contributed by atoms with Crippen LogP contribution in [0.2, 0.25) is 0 Å². The average Bonchev–Trinajstić information content (AvgIpc) is 2.46. The molecule has 1 aromatic rings. The molecule has 1 atom stereocenters. The van der Waals surface area contributed by atoms with Gasteiger partial charge in [0.2, 0.25) is 5.75 Å². The van der Waals surface area contributed by atoms with Crippen LogP contribution in [0.5, 0.6) is 17.2 Å². The molecule has 19 heavy (non-hydrogen) atoms. The summed E-state index contributed by atoms with van der Waals surface area (Å²) in [6.45, 7) is 4.16. The summed E-state index contributed by atoms with van der Waals surface area (Å²) in [7, 11) is 4.71. The monoisotopic (exact) mass is 268 g/mol. The van der Waals surface area contributed by atoms with E-state index in [0.717, 1.165) is 18.4 Å². The minimum Gasteiger partial charge on any atom is -0.493 e. The highest BCUT2D eigenvalue weighted by molar-refractivity contribution is 5.54. The first kappa shape index (κ1) is 15.6. The van der Waals surface area contributed by atoms with E-state index < -0.39 is 6.10 Å². The Balaban J connectivity index is 3.22. The Morgan fingerprint density at radius 3 is 1.74 bits per heavy atom. The zero-order valence-electron chi connectivity index (χ0n) is 12.4. The highest BCUT2D eigenvalue weighted by Gasteiger charge is 2.22. The van der Waals surface area contributed by atoms with Crippen LogP contribution < -0.4 is 14.2 Å². The van der Waals surface area contributed by atoms with Gasteiger partial charge >= 0.3 is 0 Å². The highest BCUT2D eigenvalue weighted by Crippen LogP contribution is 2.41. The number of rotatable bonds is 7. The lowest BCUT2D eigenvalue weighted by Gasteiger charge is -2.22. The Hall–Kier alpha value is -1.42. The molecular weight excluding hydrogens is 244 g/mol. The predicted octanol–water partition coefficient (Wildman–Crippen LogP) is 3.18. The molecule has 1 aromatic carbocycles. The maximum Gasteiger partial charge on any atom is 0.203 e. The zero-order valence-corrected chi connectivity index (χ0v) is 12.4. The largest absolute Gasteiger partial charge is 0.493 e. The lowest BCUT2D eigenvalue weighted by molar-refractivity contribution is 0.103. The maximum atomic E-state index is 10.4. The van der Waals surface area contributed by atoms with Crippen LogP contribution >= 0.6 is 0 Å². The van der Waals surface area contributed by atoms with E-state index in [2.05, 4.69) is 13.8 Å². The van der Waals surface area contributed by atoms with Gasteiger partial charge in [-0.3, -0.25) is 0 Å². The minimum atomic E-state index is -0.524. The van der Waals surface area contributed by atoms with Crippen molar-refractivity contribution in [1.29, 1.82) is 0 Å². The van der Waals surface area contributed by atoms with E-state index in [1.54, 1.807) is 21.3 Å². The molecule has 0 saturated carbocycles. The molecule has 108 valence electrons. The first-order chi connectivity index (χ1) is 9.12. The molecule has 0 amide bonds. The normalized spacial score (nSPS) is 12.4. The van der Waals surface area contributed by atoms with Crippen molar-refractivity contribution < 1.29 is 19.3 Å². The van der Waals surface area contributed by atoms with Crippen molar-refractivity contribution in [3.05, 3.63) is 17.7 Å². The second-order valence-corrected chi connectivity index (χ2v) is 4.48. The summed E-state index contributed by atoms with van der Waals surface area (Å²) in [5.74, 6) is 1.91.